The maximum Gasteiger partial charge on any atom is 0.384 e. The van der Waals surface area contributed by atoms with Crippen LogP contribution in [0.4, 0.5) is 43.9 Å². The number of hydrogen-bond donors (Lipinski definition) is 1. The van der Waals surface area contributed by atoms with Gasteiger partial charge in [0.05, 0.1) is 0 Å². The Morgan fingerprint density at radius 3 is 1.58 bits per heavy atom. The van der Waals surface area contributed by atoms with Gasteiger partial charge in [0.1, 0.15) is 0 Å². The molecule has 0 heterocycles. The summed E-state index contributed by atoms with van der Waals surface area (Å²) < 4.78 is 133. The number of carbonyl (C=O) groups excluding carboxylic acids is 1. The van der Waals surface area contributed by atoms with Crippen molar-refractivity contribution in [2.24, 2.45) is 0 Å². The number of esters is 1. The molecule has 0 aromatic carbocycles. The van der Waals surface area contributed by atoms with Crippen molar-refractivity contribution in [1.29, 1.82) is 0 Å². The molecule has 1 N–H and O–H groups in total. The monoisotopic (exact) mass is 380 g/mol. The van der Waals surface area contributed by atoms with Crippen molar-refractivity contribution in [2.45, 2.75) is 49.8 Å². The standard InChI is InChI=1S/C11H10F10O3/c1-4(2)5(22)24-6(23)8(14,15)10(18,19)11(20,21)9(16,17)7(3,12)13/h6,23H,1H2,2-3H3. The minimum atomic E-state index is -7.32. The summed E-state index contributed by atoms with van der Waals surface area (Å²) in [6, 6.07) is 0. The first-order valence-electron chi connectivity index (χ1n) is 5.68. The smallest absolute Gasteiger partial charge is 0.384 e. The van der Waals surface area contributed by atoms with Crippen molar-refractivity contribution in [3.63, 3.8) is 0 Å². The van der Waals surface area contributed by atoms with Crippen LogP contribution >= 0.6 is 0 Å². The molecular formula is C11H10F10O3. The fourth-order valence-electron chi connectivity index (χ4n) is 1.11. The molecule has 0 aliphatic carbocycles. The molecule has 0 aliphatic rings. The van der Waals surface area contributed by atoms with Crippen LogP contribution in [0.3, 0.4) is 0 Å². The van der Waals surface area contributed by atoms with Crippen molar-refractivity contribution >= 4 is 5.97 Å². The molecule has 24 heavy (non-hydrogen) atoms. The second-order valence-electron chi connectivity index (χ2n) is 4.77. The van der Waals surface area contributed by atoms with Crippen LogP contribution in [0, 0.1) is 0 Å². The van der Waals surface area contributed by atoms with Crippen molar-refractivity contribution in [3.8, 4) is 0 Å². The SMILES string of the molecule is C=C(C)C(=O)OC(O)C(F)(F)C(F)(F)C(F)(F)C(F)(F)C(C)(F)F. The maximum atomic E-state index is 13.3. The van der Waals surface area contributed by atoms with E-state index in [1.54, 1.807) is 0 Å². The van der Waals surface area contributed by atoms with Crippen LogP contribution < -0.4 is 0 Å². The first kappa shape index (κ1) is 22.5. The van der Waals surface area contributed by atoms with Gasteiger partial charge in [-0.3, -0.25) is 0 Å². The number of rotatable bonds is 7. The third kappa shape index (κ3) is 3.30. The van der Waals surface area contributed by atoms with Gasteiger partial charge in [0.15, 0.2) is 0 Å². The fourth-order valence-corrected chi connectivity index (χ4v) is 1.11. The van der Waals surface area contributed by atoms with Crippen molar-refractivity contribution in [3.05, 3.63) is 12.2 Å². The summed E-state index contributed by atoms with van der Waals surface area (Å²) >= 11 is 0. The number of aliphatic hydroxyl groups is 1. The Hall–Kier alpha value is -1.53. The molecule has 0 aromatic rings. The summed E-state index contributed by atoms with van der Waals surface area (Å²) in [6.07, 6.45) is -4.34. The minimum Gasteiger partial charge on any atom is -0.426 e. The van der Waals surface area contributed by atoms with Gasteiger partial charge >= 0.3 is 35.6 Å². The molecule has 0 aromatic heterocycles. The van der Waals surface area contributed by atoms with Crippen molar-refractivity contribution in [1.82, 2.24) is 0 Å². The van der Waals surface area contributed by atoms with Gasteiger partial charge in [-0.25, -0.2) is 4.79 Å². The number of hydrogen-bond acceptors (Lipinski definition) is 3. The molecule has 0 rings (SSSR count). The molecule has 3 nitrogen and oxygen atoms in total. The van der Waals surface area contributed by atoms with E-state index in [1.807, 2.05) is 0 Å². The Balaban J connectivity index is 5.93. The number of aliphatic hydroxyl groups excluding tert-OH is 1. The predicted molar refractivity (Wildman–Crippen MR) is 57.3 cm³/mol. The third-order valence-corrected chi connectivity index (χ3v) is 2.64. The Labute approximate surface area is 127 Å². The summed E-state index contributed by atoms with van der Waals surface area (Å²) in [5, 5.41) is 8.68. The lowest BCUT2D eigenvalue weighted by Crippen LogP contribution is -2.69. The largest absolute Gasteiger partial charge is 0.426 e. The van der Waals surface area contributed by atoms with E-state index < -0.39 is 54.4 Å². The first-order valence-corrected chi connectivity index (χ1v) is 5.68. The molecular weight excluding hydrogens is 370 g/mol. The van der Waals surface area contributed by atoms with Crippen LogP contribution in [0.1, 0.15) is 13.8 Å². The Morgan fingerprint density at radius 1 is 0.917 bits per heavy atom. The third-order valence-electron chi connectivity index (χ3n) is 2.64. The van der Waals surface area contributed by atoms with Gasteiger partial charge in [-0.2, -0.15) is 43.9 Å². The van der Waals surface area contributed by atoms with Gasteiger partial charge < -0.3 is 9.84 Å². The topological polar surface area (TPSA) is 46.5 Å². The molecule has 0 bridgehead atoms. The van der Waals surface area contributed by atoms with E-state index in [-0.39, 0.29) is 0 Å². The lowest BCUT2D eigenvalue weighted by molar-refractivity contribution is -0.419. The van der Waals surface area contributed by atoms with Crippen LogP contribution in [0.5, 0.6) is 0 Å². The average molecular weight is 380 g/mol. The van der Waals surface area contributed by atoms with E-state index in [0.717, 1.165) is 6.92 Å². The second-order valence-corrected chi connectivity index (χ2v) is 4.77. The molecule has 0 amide bonds. The number of halogens is 10. The summed E-state index contributed by atoms with van der Waals surface area (Å²) in [4.78, 5) is 10.8. The van der Waals surface area contributed by atoms with Crippen LogP contribution in [-0.2, 0) is 9.53 Å². The highest BCUT2D eigenvalue weighted by Gasteiger charge is 2.86. The molecule has 0 spiro atoms. The predicted octanol–water partition coefficient (Wildman–Crippen LogP) is 3.62. The average Bonchev–Trinajstić information content (AvgIpc) is 2.36. The van der Waals surface area contributed by atoms with E-state index in [1.165, 1.54) is 0 Å². The maximum absolute atomic E-state index is 13.3. The van der Waals surface area contributed by atoms with E-state index in [2.05, 4.69) is 11.3 Å². The highest BCUT2D eigenvalue weighted by molar-refractivity contribution is 5.87. The summed E-state index contributed by atoms with van der Waals surface area (Å²) in [5.41, 5.74) is -0.745. The quantitative estimate of drug-likeness (QED) is 0.318. The Bertz CT molecular complexity index is 509. The van der Waals surface area contributed by atoms with Crippen LogP contribution in [0.15, 0.2) is 12.2 Å². The van der Waals surface area contributed by atoms with Gasteiger partial charge in [-0.15, -0.1) is 0 Å². The Morgan fingerprint density at radius 2 is 1.29 bits per heavy atom. The fraction of sp³-hybridized carbons (Fsp3) is 0.727. The normalized spacial score (nSPS) is 15.9. The zero-order valence-corrected chi connectivity index (χ0v) is 11.8. The summed E-state index contributed by atoms with van der Waals surface area (Å²) in [6.45, 7) is 2.67. The van der Waals surface area contributed by atoms with Gasteiger partial charge in [0.25, 0.3) is 6.29 Å². The minimum absolute atomic E-state index is 0.745. The lowest BCUT2D eigenvalue weighted by atomic mass is 9.94. The molecule has 0 aliphatic heterocycles. The van der Waals surface area contributed by atoms with Crippen LogP contribution in [-0.4, -0.2) is 47.0 Å². The van der Waals surface area contributed by atoms with Gasteiger partial charge in [-0.05, 0) is 6.92 Å². The zero-order chi connectivity index (χ0) is 19.9. The van der Waals surface area contributed by atoms with Crippen LogP contribution in [0.25, 0.3) is 0 Å². The number of alkyl halides is 10. The van der Waals surface area contributed by atoms with Crippen LogP contribution in [0.2, 0.25) is 0 Å². The van der Waals surface area contributed by atoms with Crippen molar-refractivity contribution < 1.29 is 58.5 Å². The van der Waals surface area contributed by atoms with Crippen molar-refractivity contribution in [2.75, 3.05) is 0 Å². The molecule has 0 saturated carbocycles. The number of ether oxygens (including phenoxy) is 1. The molecule has 0 radical (unpaired) electrons. The second kappa shape index (κ2) is 6.08. The molecule has 0 fully saturated rings. The lowest BCUT2D eigenvalue weighted by Gasteiger charge is -2.39. The molecule has 142 valence electrons. The van der Waals surface area contributed by atoms with Gasteiger partial charge in [0.2, 0.25) is 0 Å². The van der Waals surface area contributed by atoms with Gasteiger partial charge in [0, 0.05) is 12.5 Å². The summed E-state index contributed by atoms with van der Waals surface area (Å²) in [7, 11) is 0. The van der Waals surface area contributed by atoms with E-state index in [9.17, 15) is 48.7 Å². The van der Waals surface area contributed by atoms with E-state index in [4.69, 9.17) is 5.11 Å². The van der Waals surface area contributed by atoms with Gasteiger partial charge in [-0.1, -0.05) is 6.58 Å². The van der Waals surface area contributed by atoms with E-state index >= 15 is 0 Å². The highest BCUT2D eigenvalue weighted by Crippen LogP contribution is 2.57. The zero-order valence-electron chi connectivity index (χ0n) is 11.8. The van der Waals surface area contributed by atoms with E-state index in [0.29, 0.717) is 0 Å². The Kier molecular flexibility index (Phi) is 5.69. The molecule has 13 heteroatoms. The molecule has 1 atom stereocenters. The molecule has 1 unspecified atom stereocenters. The summed E-state index contributed by atoms with van der Waals surface area (Å²) in [5.74, 6) is -35.8. The highest BCUT2D eigenvalue weighted by atomic mass is 19.4. The first-order chi connectivity index (χ1) is 10.2. The number of carbonyl (C=O) groups is 1. The molecule has 0 saturated heterocycles.